The predicted molar refractivity (Wildman–Crippen MR) is 116 cm³/mol. The Labute approximate surface area is 165 Å². The van der Waals surface area contributed by atoms with Gasteiger partial charge in [0.2, 0.25) is 0 Å². The standard InChI is InChI=1S/C23H28BrNO/c1-3-5-14-25(15-6-4-2)23(26)20-13-9-12-18-17-10-7-8-11-19(17)22(24)16-21(18)20/h7-13,16,23,26H,3-6,14-15H2,1-2H3. The fourth-order valence-corrected chi connectivity index (χ4v) is 4.19. The lowest BCUT2D eigenvalue weighted by atomic mass is 9.97. The summed E-state index contributed by atoms with van der Waals surface area (Å²) in [7, 11) is 0. The Kier molecular flexibility index (Phi) is 6.68. The Morgan fingerprint density at radius 2 is 1.42 bits per heavy atom. The molecule has 0 fully saturated rings. The molecule has 0 saturated carbocycles. The first kappa shape index (κ1) is 19.3. The third kappa shape index (κ3) is 3.95. The van der Waals surface area contributed by atoms with E-state index in [1.54, 1.807) is 0 Å². The molecule has 1 N–H and O–H groups in total. The van der Waals surface area contributed by atoms with E-state index in [4.69, 9.17) is 0 Å². The van der Waals surface area contributed by atoms with Crippen molar-refractivity contribution >= 4 is 37.5 Å². The second-order valence-electron chi connectivity index (χ2n) is 6.96. The van der Waals surface area contributed by atoms with Crippen LogP contribution in [0, 0.1) is 0 Å². The van der Waals surface area contributed by atoms with Crippen LogP contribution in [0.3, 0.4) is 0 Å². The molecule has 3 aromatic carbocycles. The molecular weight excluding hydrogens is 386 g/mol. The Morgan fingerprint density at radius 3 is 2.08 bits per heavy atom. The Hall–Kier alpha value is -1.42. The first-order chi connectivity index (χ1) is 12.7. The third-order valence-electron chi connectivity index (χ3n) is 5.11. The van der Waals surface area contributed by atoms with Gasteiger partial charge in [-0.05, 0) is 40.5 Å². The van der Waals surface area contributed by atoms with Gasteiger partial charge in [0.1, 0.15) is 6.23 Å². The van der Waals surface area contributed by atoms with E-state index in [0.717, 1.165) is 54.2 Å². The van der Waals surface area contributed by atoms with Crippen molar-refractivity contribution < 1.29 is 5.11 Å². The monoisotopic (exact) mass is 413 g/mol. The molecule has 0 heterocycles. The van der Waals surface area contributed by atoms with Gasteiger partial charge in [0.05, 0.1) is 0 Å². The highest BCUT2D eigenvalue weighted by molar-refractivity contribution is 9.10. The SMILES string of the molecule is CCCCN(CCCC)C(O)c1cccc2c1cc(Br)c1ccccc12. The summed E-state index contributed by atoms with van der Waals surface area (Å²) in [5.74, 6) is 0. The van der Waals surface area contributed by atoms with Crippen LogP contribution in [0.2, 0.25) is 0 Å². The number of aliphatic hydroxyl groups excluding tert-OH is 1. The number of fused-ring (bicyclic) bond motifs is 3. The molecule has 3 rings (SSSR count). The van der Waals surface area contributed by atoms with Crippen molar-refractivity contribution in [2.24, 2.45) is 0 Å². The maximum atomic E-state index is 11.2. The summed E-state index contributed by atoms with van der Waals surface area (Å²) < 4.78 is 1.08. The van der Waals surface area contributed by atoms with Crippen molar-refractivity contribution in [2.45, 2.75) is 45.8 Å². The van der Waals surface area contributed by atoms with Crippen LogP contribution >= 0.6 is 15.9 Å². The molecule has 0 spiro atoms. The van der Waals surface area contributed by atoms with Crippen LogP contribution in [0.5, 0.6) is 0 Å². The number of hydrogen-bond donors (Lipinski definition) is 1. The number of hydrogen-bond acceptors (Lipinski definition) is 2. The molecule has 0 saturated heterocycles. The zero-order chi connectivity index (χ0) is 18.5. The maximum Gasteiger partial charge on any atom is 0.134 e. The zero-order valence-corrected chi connectivity index (χ0v) is 17.3. The second kappa shape index (κ2) is 8.98. The van der Waals surface area contributed by atoms with Gasteiger partial charge < -0.3 is 5.11 Å². The zero-order valence-electron chi connectivity index (χ0n) is 15.7. The van der Waals surface area contributed by atoms with Crippen molar-refractivity contribution in [3.63, 3.8) is 0 Å². The van der Waals surface area contributed by atoms with Gasteiger partial charge in [-0.2, -0.15) is 0 Å². The lowest BCUT2D eigenvalue weighted by Crippen LogP contribution is -2.31. The Balaban J connectivity index is 2.08. The minimum absolute atomic E-state index is 0.565. The fourth-order valence-electron chi connectivity index (χ4n) is 3.61. The summed E-state index contributed by atoms with van der Waals surface area (Å²) in [6.07, 6.45) is 3.93. The maximum absolute atomic E-state index is 11.2. The fraction of sp³-hybridized carbons (Fsp3) is 0.391. The van der Waals surface area contributed by atoms with Crippen molar-refractivity contribution in [1.29, 1.82) is 0 Å². The third-order valence-corrected chi connectivity index (χ3v) is 5.76. The molecule has 0 radical (unpaired) electrons. The van der Waals surface area contributed by atoms with Crippen molar-refractivity contribution in [3.05, 3.63) is 58.6 Å². The lowest BCUT2D eigenvalue weighted by Gasteiger charge is -2.29. The van der Waals surface area contributed by atoms with Crippen molar-refractivity contribution in [2.75, 3.05) is 13.1 Å². The highest BCUT2D eigenvalue weighted by Gasteiger charge is 2.20. The highest BCUT2D eigenvalue weighted by Crippen LogP contribution is 2.36. The molecule has 0 aliphatic heterocycles. The molecular formula is C23H28BrNO. The second-order valence-corrected chi connectivity index (χ2v) is 7.82. The van der Waals surface area contributed by atoms with Crippen LogP contribution in [-0.2, 0) is 0 Å². The van der Waals surface area contributed by atoms with E-state index in [0.29, 0.717) is 0 Å². The summed E-state index contributed by atoms with van der Waals surface area (Å²) >= 11 is 3.73. The summed E-state index contributed by atoms with van der Waals surface area (Å²) in [4.78, 5) is 2.23. The quantitative estimate of drug-likeness (QED) is 0.330. The smallest absolute Gasteiger partial charge is 0.134 e. The van der Waals surface area contributed by atoms with Gasteiger partial charge in [0.15, 0.2) is 0 Å². The van der Waals surface area contributed by atoms with Gasteiger partial charge in [-0.25, -0.2) is 0 Å². The Morgan fingerprint density at radius 1 is 0.846 bits per heavy atom. The van der Waals surface area contributed by atoms with Crippen LogP contribution < -0.4 is 0 Å². The van der Waals surface area contributed by atoms with Crippen LogP contribution in [0.25, 0.3) is 21.5 Å². The number of unbranched alkanes of at least 4 members (excludes halogenated alkanes) is 2. The minimum Gasteiger partial charge on any atom is -0.374 e. The molecule has 0 bridgehead atoms. The molecule has 0 amide bonds. The van der Waals surface area contributed by atoms with Gasteiger partial charge in [0, 0.05) is 23.1 Å². The first-order valence-corrected chi connectivity index (χ1v) is 10.5. The molecule has 0 aliphatic rings. The van der Waals surface area contributed by atoms with E-state index < -0.39 is 6.23 Å². The van der Waals surface area contributed by atoms with E-state index in [2.05, 4.69) is 83.2 Å². The Bertz CT molecular complexity index is 869. The summed E-state index contributed by atoms with van der Waals surface area (Å²) in [6.45, 7) is 6.27. The summed E-state index contributed by atoms with van der Waals surface area (Å²) in [5, 5.41) is 16.0. The number of benzene rings is 3. The van der Waals surface area contributed by atoms with E-state index in [1.807, 2.05) is 0 Å². The average molecular weight is 414 g/mol. The average Bonchev–Trinajstić information content (AvgIpc) is 2.67. The molecule has 1 atom stereocenters. The molecule has 1 unspecified atom stereocenters. The van der Waals surface area contributed by atoms with Crippen LogP contribution in [0.1, 0.15) is 51.3 Å². The van der Waals surface area contributed by atoms with Gasteiger partial charge in [0.25, 0.3) is 0 Å². The van der Waals surface area contributed by atoms with E-state index >= 15 is 0 Å². The van der Waals surface area contributed by atoms with Crippen LogP contribution in [-0.4, -0.2) is 23.1 Å². The van der Waals surface area contributed by atoms with E-state index in [-0.39, 0.29) is 0 Å². The summed E-state index contributed by atoms with van der Waals surface area (Å²) in [6, 6.07) is 16.9. The van der Waals surface area contributed by atoms with Gasteiger partial charge in [-0.3, -0.25) is 4.90 Å². The predicted octanol–water partition coefficient (Wildman–Crippen LogP) is 6.65. The minimum atomic E-state index is -0.565. The number of nitrogens with zero attached hydrogens (tertiary/aromatic N) is 1. The topological polar surface area (TPSA) is 23.5 Å². The molecule has 3 heteroatoms. The molecule has 26 heavy (non-hydrogen) atoms. The molecule has 3 aromatic rings. The van der Waals surface area contributed by atoms with Gasteiger partial charge in [-0.15, -0.1) is 0 Å². The molecule has 2 nitrogen and oxygen atoms in total. The van der Waals surface area contributed by atoms with E-state index in [9.17, 15) is 5.11 Å². The van der Waals surface area contributed by atoms with Gasteiger partial charge in [-0.1, -0.05) is 85.1 Å². The largest absolute Gasteiger partial charge is 0.374 e. The molecule has 0 aromatic heterocycles. The number of halogens is 1. The number of rotatable bonds is 8. The van der Waals surface area contributed by atoms with Crippen LogP contribution in [0.15, 0.2) is 53.0 Å². The molecule has 138 valence electrons. The van der Waals surface area contributed by atoms with E-state index in [1.165, 1.54) is 16.2 Å². The van der Waals surface area contributed by atoms with Crippen LogP contribution in [0.4, 0.5) is 0 Å². The summed E-state index contributed by atoms with van der Waals surface area (Å²) in [5.41, 5.74) is 1.00. The lowest BCUT2D eigenvalue weighted by molar-refractivity contribution is 0.00102. The first-order valence-electron chi connectivity index (χ1n) is 9.69. The highest BCUT2D eigenvalue weighted by atomic mass is 79.9. The van der Waals surface area contributed by atoms with Crippen molar-refractivity contribution in [3.8, 4) is 0 Å². The normalized spacial score (nSPS) is 13.0. The number of aliphatic hydroxyl groups is 1. The molecule has 0 aliphatic carbocycles. The van der Waals surface area contributed by atoms with Crippen molar-refractivity contribution in [1.82, 2.24) is 4.90 Å². The van der Waals surface area contributed by atoms with Gasteiger partial charge >= 0.3 is 0 Å².